The lowest BCUT2D eigenvalue weighted by molar-refractivity contribution is 0.627. The summed E-state index contributed by atoms with van der Waals surface area (Å²) in [5.41, 5.74) is 0.282. The Kier molecular flexibility index (Phi) is 2.48. The highest BCUT2D eigenvalue weighted by Gasteiger charge is 2.09. The molecule has 0 N–H and O–H groups in total. The number of halogens is 2. The van der Waals surface area contributed by atoms with E-state index < -0.39 is 5.82 Å². The number of aromatic nitrogens is 1. The number of hydrogen-bond acceptors (Lipinski definition) is 2. The molecule has 0 radical (unpaired) electrons. The highest BCUT2D eigenvalue weighted by molar-refractivity contribution is 7.14. The summed E-state index contributed by atoms with van der Waals surface area (Å²) in [6.07, 6.45) is 0. The molecule has 2 nitrogen and oxygen atoms in total. The molecule has 0 saturated heterocycles. The summed E-state index contributed by atoms with van der Waals surface area (Å²) in [7, 11) is 0. The van der Waals surface area contributed by atoms with E-state index in [-0.39, 0.29) is 11.4 Å². The van der Waals surface area contributed by atoms with Gasteiger partial charge < -0.3 is 0 Å². The van der Waals surface area contributed by atoms with E-state index >= 15 is 0 Å². The van der Waals surface area contributed by atoms with Gasteiger partial charge in [-0.3, -0.25) is 4.79 Å². The molecule has 0 saturated carbocycles. The maximum Gasteiger partial charge on any atom is 0.273 e. The van der Waals surface area contributed by atoms with E-state index in [9.17, 15) is 13.6 Å². The fourth-order valence-electron chi connectivity index (χ4n) is 1.74. The zero-order valence-electron chi connectivity index (χ0n) is 9.06. The maximum atomic E-state index is 13.1. The molecule has 0 aliphatic heterocycles. The van der Waals surface area contributed by atoms with Crippen LogP contribution in [-0.2, 0) is 0 Å². The Balaban J connectivity index is 2.27. The summed E-state index contributed by atoms with van der Waals surface area (Å²) in [4.78, 5) is 12.1. The van der Waals surface area contributed by atoms with Crippen molar-refractivity contribution in [2.75, 3.05) is 0 Å². The van der Waals surface area contributed by atoms with Crippen molar-refractivity contribution in [2.45, 2.75) is 0 Å². The topological polar surface area (TPSA) is 22.0 Å². The predicted molar refractivity (Wildman–Crippen MR) is 67.3 cm³/mol. The summed E-state index contributed by atoms with van der Waals surface area (Å²) >= 11 is 1.21. The quantitative estimate of drug-likeness (QED) is 0.660. The molecule has 0 aliphatic rings. The minimum Gasteiger partial charge on any atom is -0.267 e. The van der Waals surface area contributed by atoms with Gasteiger partial charge in [0.2, 0.25) is 0 Å². The first-order chi connectivity index (χ1) is 8.65. The molecule has 3 aromatic rings. The Morgan fingerprint density at radius 2 is 1.61 bits per heavy atom. The van der Waals surface area contributed by atoms with Crippen LogP contribution < -0.4 is 5.56 Å². The van der Waals surface area contributed by atoms with Crippen LogP contribution in [0.2, 0.25) is 0 Å². The van der Waals surface area contributed by atoms with E-state index in [2.05, 4.69) is 0 Å². The summed E-state index contributed by atoms with van der Waals surface area (Å²) in [5.74, 6) is -0.803. The molecule has 90 valence electrons. The zero-order chi connectivity index (χ0) is 12.7. The lowest BCUT2D eigenvalue weighted by Crippen LogP contribution is -2.10. The van der Waals surface area contributed by atoms with Crippen LogP contribution in [-0.4, -0.2) is 3.96 Å². The molecule has 0 spiro atoms. The number of benzene rings is 2. The van der Waals surface area contributed by atoms with E-state index in [4.69, 9.17) is 0 Å². The van der Waals surface area contributed by atoms with Crippen molar-refractivity contribution in [3.05, 3.63) is 64.5 Å². The average molecular weight is 263 g/mol. The summed E-state index contributed by atoms with van der Waals surface area (Å²) in [6, 6.07) is 9.70. The van der Waals surface area contributed by atoms with Crippen LogP contribution in [0.3, 0.4) is 0 Å². The van der Waals surface area contributed by atoms with Crippen molar-refractivity contribution in [3.8, 4) is 5.69 Å². The Labute approximate surface area is 105 Å². The number of fused-ring (bicyclic) bond motifs is 1. The third-order valence-electron chi connectivity index (χ3n) is 2.61. The van der Waals surface area contributed by atoms with Gasteiger partial charge in [0.25, 0.3) is 5.56 Å². The van der Waals surface area contributed by atoms with Crippen LogP contribution in [0.25, 0.3) is 15.8 Å². The normalized spacial score (nSPS) is 11.0. The highest BCUT2D eigenvalue weighted by atomic mass is 32.1. The molecule has 0 bridgehead atoms. The van der Waals surface area contributed by atoms with Crippen molar-refractivity contribution in [2.24, 2.45) is 0 Å². The van der Waals surface area contributed by atoms with Gasteiger partial charge in [-0.2, -0.15) is 0 Å². The number of nitrogens with zero attached hydrogens (tertiary/aromatic N) is 1. The Bertz CT molecular complexity index is 774. The Morgan fingerprint density at radius 1 is 0.944 bits per heavy atom. The van der Waals surface area contributed by atoms with E-state index in [0.29, 0.717) is 15.8 Å². The van der Waals surface area contributed by atoms with Crippen LogP contribution in [0.1, 0.15) is 0 Å². The molecule has 2 aromatic carbocycles. The molecule has 18 heavy (non-hydrogen) atoms. The minimum absolute atomic E-state index is 0.291. The second-order valence-electron chi connectivity index (χ2n) is 3.81. The van der Waals surface area contributed by atoms with Crippen LogP contribution in [0, 0.1) is 11.6 Å². The van der Waals surface area contributed by atoms with Gasteiger partial charge >= 0.3 is 0 Å². The van der Waals surface area contributed by atoms with Crippen LogP contribution in [0.5, 0.6) is 0 Å². The second-order valence-corrected chi connectivity index (χ2v) is 4.80. The molecule has 0 amide bonds. The SMILES string of the molecule is O=c1c2cc(F)ccc2sn1-c1ccc(F)cc1. The third-order valence-corrected chi connectivity index (χ3v) is 3.72. The third kappa shape index (κ3) is 1.73. The molecule has 1 aromatic heterocycles. The fraction of sp³-hybridized carbons (Fsp3) is 0. The average Bonchev–Trinajstić information content (AvgIpc) is 2.68. The number of rotatable bonds is 1. The predicted octanol–water partition coefficient (Wildman–Crippen LogP) is 3.33. The first-order valence-corrected chi connectivity index (χ1v) is 6.00. The van der Waals surface area contributed by atoms with Crippen LogP contribution >= 0.6 is 11.5 Å². The zero-order valence-corrected chi connectivity index (χ0v) is 9.88. The molecular formula is C13H7F2NOS. The van der Waals surface area contributed by atoms with Gasteiger partial charge in [-0.15, -0.1) is 0 Å². The molecule has 0 fully saturated rings. The van der Waals surface area contributed by atoms with Gasteiger partial charge in [0.05, 0.1) is 15.8 Å². The summed E-state index contributed by atoms with van der Waals surface area (Å²) < 4.78 is 28.0. The van der Waals surface area contributed by atoms with E-state index in [0.717, 1.165) is 0 Å². The van der Waals surface area contributed by atoms with Crippen LogP contribution in [0.4, 0.5) is 8.78 Å². The standard InChI is InChI=1S/C13H7F2NOS/c14-8-1-4-10(5-2-8)16-13(17)11-7-9(15)3-6-12(11)18-16/h1-7H. The van der Waals surface area contributed by atoms with E-state index in [1.807, 2.05) is 0 Å². The van der Waals surface area contributed by atoms with Gasteiger partial charge in [-0.05, 0) is 42.5 Å². The van der Waals surface area contributed by atoms with E-state index in [1.165, 1.54) is 51.9 Å². The lowest BCUT2D eigenvalue weighted by atomic mass is 10.2. The van der Waals surface area contributed by atoms with Crippen molar-refractivity contribution in [3.63, 3.8) is 0 Å². The van der Waals surface area contributed by atoms with Gasteiger partial charge in [-0.25, -0.2) is 12.7 Å². The Morgan fingerprint density at radius 3 is 2.33 bits per heavy atom. The van der Waals surface area contributed by atoms with Gasteiger partial charge in [0.15, 0.2) is 0 Å². The van der Waals surface area contributed by atoms with E-state index in [1.54, 1.807) is 6.07 Å². The maximum absolute atomic E-state index is 13.1. The Hall–Kier alpha value is -2.01. The minimum atomic E-state index is -0.441. The molecule has 0 unspecified atom stereocenters. The lowest BCUT2D eigenvalue weighted by Gasteiger charge is -1.98. The summed E-state index contributed by atoms with van der Waals surface area (Å²) in [5, 5.41) is 0.337. The van der Waals surface area contributed by atoms with Crippen molar-refractivity contribution in [1.82, 2.24) is 3.96 Å². The monoisotopic (exact) mass is 263 g/mol. The molecule has 5 heteroatoms. The van der Waals surface area contributed by atoms with Crippen molar-refractivity contribution >= 4 is 21.6 Å². The molecular weight excluding hydrogens is 256 g/mol. The van der Waals surface area contributed by atoms with Gasteiger partial charge in [0, 0.05) is 0 Å². The first kappa shape index (κ1) is 11.1. The first-order valence-electron chi connectivity index (χ1n) is 5.23. The van der Waals surface area contributed by atoms with Gasteiger partial charge in [0.1, 0.15) is 11.6 Å². The van der Waals surface area contributed by atoms with Crippen molar-refractivity contribution in [1.29, 1.82) is 0 Å². The largest absolute Gasteiger partial charge is 0.273 e. The van der Waals surface area contributed by atoms with Crippen LogP contribution in [0.15, 0.2) is 47.3 Å². The molecule has 1 heterocycles. The second kappa shape index (κ2) is 4.03. The summed E-state index contributed by atoms with van der Waals surface area (Å²) in [6.45, 7) is 0. The number of hydrogen-bond donors (Lipinski definition) is 0. The van der Waals surface area contributed by atoms with Gasteiger partial charge in [-0.1, -0.05) is 11.5 Å². The highest BCUT2D eigenvalue weighted by Crippen LogP contribution is 2.21. The fourth-order valence-corrected chi connectivity index (χ4v) is 2.72. The smallest absolute Gasteiger partial charge is 0.267 e. The molecule has 3 rings (SSSR count). The molecule has 0 aliphatic carbocycles. The van der Waals surface area contributed by atoms with Crippen molar-refractivity contribution < 1.29 is 8.78 Å². The molecule has 0 atom stereocenters.